The van der Waals surface area contributed by atoms with E-state index in [1.165, 1.54) is 18.5 Å². The van der Waals surface area contributed by atoms with Gasteiger partial charge in [-0.2, -0.15) is 5.10 Å². The maximum atomic E-state index is 4.60. The van der Waals surface area contributed by atoms with E-state index < -0.39 is 0 Å². The molecule has 0 spiro atoms. The minimum atomic E-state index is 0.383. The Kier molecular flexibility index (Phi) is 4.90. The van der Waals surface area contributed by atoms with Crippen molar-refractivity contribution in [3.8, 4) is 0 Å². The maximum Gasteiger partial charge on any atom is 0.0596 e. The molecule has 0 radical (unpaired) electrons. The smallest absolute Gasteiger partial charge is 0.0596 e. The van der Waals surface area contributed by atoms with Gasteiger partial charge in [-0.3, -0.25) is 4.68 Å². The Morgan fingerprint density at radius 2 is 2.15 bits per heavy atom. The maximum absolute atomic E-state index is 4.60. The van der Waals surface area contributed by atoms with Crippen LogP contribution in [0.4, 0.5) is 0 Å². The zero-order valence-electron chi connectivity index (χ0n) is 13.9. The lowest BCUT2D eigenvalue weighted by Crippen LogP contribution is -2.37. The molecule has 0 aromatic carbocycles. The van der Waals surface area contributed by atoms with Gasteiger partial charge in [0.15, 0.2) is 0 Å². The quantitative estimate of drug-likeness (QED) is 0.789. The molecule has 1 unspecified atom stereocenters. The summed E-state index contributed by atoms with van der Waals surface area (Å²) in [7, 11) is 0. The number of hydrogen-bond donors (Lipinski definition) is 1. The van der Waals surface area contributed by atoms with Gasteiger partial charge in [0.05, 0.1) is 5.69 Å². The topological polar surface area (TPSA) is 29.9 Å². The molecule has 1 N–H and O–H groups in total. The molecule has 1 atom stereocenters. The first-order valence-corrected chi connectivity index (χ1v) is 8.18. The molecule has 1 heterocycles. The highest BCUT2D eigenvalue weighted by atomic mass is 15.3. The molecule has 0 aliphatic heterocycles. The number of aryl methyl sites for hydroxylation is 2. The van der Waals surface area contributed by atoms with E-state index in [2.05, 4.69) is 55.8 Å². The zero-order chi connectivity index (χ0) is 14.8. The first-order valence-electron chi connectivity index (χ1n) is 8.18. The van der Waals surface area contributed by atoms with Gasteiger partial charge in [0.1, 0.15) is 0 Å². The van der Waals surface area contributed by atoms with Crippen molar-refractivity contribution in [3.63, 3.8) is 0 Å². The summed E-state index contributed by atoms with van der Waals surface area (Å²) in [4.78, 5) is 0. The van der Waals surface area contributed by atoms with Crippen molar-refractivity contribution >= 4 is 0 Å². The molecule has 114 valence electrons. The molecule has 0 bridgehead atoms. The Bertz CT molecular complexity index is 431. The molecule has 1 aliphatic rings. The van der Waals surface area contributed by atoms with Gasteiger partial charge in [0.25, 0.3) is 0 Å². The highest BCUT2D eigenvalue weighted by Gasteiger charge is 2.41. The molecule has 3 nitrogen and oxygen atoms in total. The molecule has 1 saturated carbocycles. The lowest BCUT2D eigenvalue weighted by atomic mass is 9.80. The third-order valence-corrected chi connectivity index (χ3v) is 4.51. The highest BCUT2D eigenvalue weighted by Crippen LogP contribution is 2.47. The lowest BCUT2D eigenvalue weighted by Gasteiger charge is -2.31. The lowest BCUT2D eigenvalue weighted by molar-refractivity contribution is 0.246. The second kappa shape index (κ2) is 6.30. The van der Waals surface area contributed by atoms with E-state index in [4.69, 9.17) is 0 Å². The summed E-state index contributed by atoms with van der Waals surface area (Å²) < 4.78 is 2.18. The van der Waals surface area contributed by atoms with E-state index in [1.54, 1.807) is 0 Å². The monoisotopic (exact) mass is 277 g/mol. The number of hydrogen-bond acceptors (Lipinski definition) is 2. The number of nitrogens with one attached hydrogen (secondary N) is 1. The minimum Gasteiger partial charge on any atom is -0.316 e. The van der Waals surface area contributed by atoms with Crippen molar-refractivity contribution < 1.29 is 0 Å². The van der Waals surface area contributed by atoms with E-state index in [1.807, 2.05) is 0 Å². The van der Waals surface area contributed by atoms with Gasteiger partial charge in [0, 0.05) is 18.8 Å². The van der Waals surface area contributed by atoms with Crippen LogP contribution in [0.5, 0.6) is 0 Å². The fourth-order valence-electron chi connectivity index (χ4n) is 3.21. The number of rotatable bonds is 8. The highest BCUT2D eigenvalue weighted by molar-refractivity contribution is 5.13. The van der Waals surface area contributed by atoms with Crippen LogP contribution in [0.25, 0.3) is 0 Å². The normalized spacial score (nSPS) is 18.5. The van der Waals surface area contributed by atoms with Crippen LogP contribution in [-0.2, 0) is 13.0 Å². The van der Waals surface area contributed by atoms with E-state index in [0.717, 1.165) is 43.6 Å². The SMILES string of the molecule is CCn1nc(C)cc1CC(C)(CNCC(C)C)C1CC1. The molecular weight excluding hydrogens is 246 g/mol. The third kappa shape index (κ3) is 3.85. The van der Waals surface area contributed by atoms with Crippen molar-refractivity contribution in [2.75, 3.05) is 13.1 Å². The number of nitrogens with zero attached hydrogens (tertiary/aromatic N) is 2. The molecular formula is C17H31N3. The van der Waals surface area contributed by atoms with Gasteiger partial charge in [-0.05, 0) is 63.0 Å². The van der Waals surface area contributed by atoms with Crippen LogP contribution in [-0.4, -0.2) is 22.9 Å². The van der Waals surface area contributed by atoms with Gasteiger partial charge < -0.3 is 5.32 Å². The molecule has 1 aliphatic carbocycles. The molecule has 20 heavy (non-hydrogen) atoms. The summed E-state index contributed by atoms with van der Waals surface area (Å²) >= 11 is 0. The van der Waals surface area contributed by atoms with Gasteiger partial charge in [-0.25, -0.2) is 0 Å². The summed E-state index contributed by atoms with van der Waals surface area (Å²) in [6.45, 7) is 14.5. The van der Waals surface area contributed by atoms with Crippen molar-refractivity contribution in [2.24, 2.45) is 17.3 Å². The molecule has 2 rings (SSSR count). The Balaban J connectivity index is 2.04. The zero-order valence-corrected chi connectivity index (χ0v) is 13.9. The second-order valence-corrected chi connectivity index (χ2v) is 7.22. The predicted molar refractivity (Wildman–Crippen MR) is 84.9 cm³/mol. The summed E-state index contributed by atoms with van der Waals surface area (Å²) in [5.74, 6) is 1.62. The Hall–Kier alpha value is -0.830. The van der Waals surface area contributed by atoms with Crippen LogP contribution >= 0.6 is 0 Å². The van der Waals surface area contributed by atoms with Crippen molar-refractivity contribution in [3.05, 3.63) is 17.5 Å². The number of aromatic nitrogens is 2. The van der Waals surface area contributed by atoms with Crippen LogP contribution in [0.15, 0.2) is 6.07 Å². The van der Waals surface area contributed by atoms with Crippen LogP contribution in [0.1, 0.15) is 51.9 Å². The fraction of sp³-hybridized carbons (Fsp3) is 0.824. The van der Waals surface area contributed by atoms with Crippen LogP contribution in [0, 0.1) is 24.2 Å². The van der Waals surface area contributed by atoms with E-state index in [9.17, 15) is 0 Å². The Labute approximate surface area is 124 Å². The minimum absolute atomic E-state index is 0.383. The Morgan fingerprint density at radius 3 is 2.70 bits per heavy atom. The van der Waals surface area contributed by atoms with Crippen LogP contribution in [0.2, 0.25) is 0 Å². The fourth-order valence-corrected chi connectivity index (χ4v) is 3.21. The molecule has 1 aromatic rings. The molecule has 1 aromatic heterocycles. The Morgan fingerprint density at radius 1 is 1.45 bits per heavy atom. The van der Waals surface area contributed by atoms with E-state index >= 15 is 0 Å². The summed E-state index contributed by atoms with van der Waals surface area (Å²) in [6.07, 6.45) is 3.95. The van der Waals surface area contributed by atoms with Crippen molar-refractivity contribution in [1.29, 1.82) is 0 Å². The molecule has 0 amide bonds. The van der Waals surface area contributed by atoms with E-state index in [-0.39, 0.29) is 0 Å². The molecule has 0 saturated heterocycles. The van der Waals surface area contributed by atoms with Crippen molar-refractivity contribution in [2.45, 2.75) is 60.4 Å². The molecule has 3 heteroatoms. The molecule has 1 fully saturated rings. The summed E-state index contributed by atoms with van der Waals surface area (Å²) in [5, 5.41) is 8.28. The average molecular weight is 277 g/mol. The van der Waals surface area contributed by atoms with E-state index in [0.29, 0.717) is 5.41 Å². The predicted octanol–water partition coefficient (Wildman–Crippen LogP) is 3.42. The van der Waals surface area contributed by atoms with Crippen molar-refractivity contribution in [1.82, 2.24) is 15.1 Å². The van der Waals surface area contributed by atoms with Gasteiger partial charge in [-0.15, -0.1) is 0 Å². The average Bonchev–Trinajstić information content (AvgIpc) is 3.15. The standard InChI is InChI=1S/C17H31N3/c1-6-20-16(9-14(4)19-20)10-17(5,15-7-8-15)12-18-11-13(2)3/h9,13,15,18H,6-8,10-12H2,1-5H3. The third-order valence-electron chi connectivity index (χ3n) is 4.51. The summed E-state index contributed by atoms with van der Waals surface area (Å²) in [6, 6.07) is 2.27. The van der Waals surface area contributed by atoms with Crippen LogP contribution in [0.3, 0.4) is 0 Å². The largest absolute Gasteiger partial charge is 0.316 e. The van der Waals surface area contributed by atoms with Gasteiger partial charge in [0.2, 0.25) is 0 Å². The summed E-state index contributed by atoms with van der Waals surface area (Å²) in [5.41, 5.74) is 2.94. The van der Waals surface area contributed by atoms with Gasteiger partial charge >= 0.3 is 0 Å². The van der Waals surface area contributed by atoms with Gasteiger partial charge in [-0.1, -0.05) is 20.8 Å². The second-order valence-electron chi connectivity index (χ2n) is 7.22. The first kappa shape index (κ1) is 15.6. The van der Waals surface area contributed by atoms with Crippen LogP contribution < -0.4 is 5.32 Å². The first-order chi connectivity index (χ1) is 9.44.